The average Bonchev–Trinajstić information content (AvgIpc) is 3.13. The van der Waals surface area contributed by atoms with Crippen molar-refractivity contribution in [1.29, 1.82) is 0 Å². The Balaban J connectivity index is 1.81. The second-order valence-corrected chi connectivity index (χ2v) is 4.64. The number of epoxide rings is 1. The number of hydrogen-bond donors (Lipinski definition) is 0. The van der Waals surface area contributed by atoms with Gasteiger partial charge in [0.1, 0.15) is 12.2 Å². The van der Waals surface area contributed by atoms with Gasteiger partial charge in [0.05, 0.1) is 13.2 Å². The Kier molecular flexibility index (Phi) is 2.86. The van der Waals surface area contributed by atoms with Crippen molar-refractivity contribution in [2.75, 3.05) is 7.11 Å². The molecule has 98 valence electrons. The van der Waals surface area contributed by atoms with Gasteiger partial charge in [-0.2, -0.15) is 0 Å². The minimum Gasteiger partial charge on any atom is -0.493 e. The summed E-state index contributed by atoms with van der Waals surface area (Å²) in [4.78, 5) is 0. The minimum absolute atomic E-state index is 0.0940. The first-order valence-electron chi connectivity index (χ1n) is 6.04. The summed E-state index contributed by atoms with van der Waals surface area (Å²) in [5.41, 5.74) is 0. The minimum atomic E-state index is -0.941. The molecule has 0 bridgehead atoms. The fraction of sp³-hybridized carbons (Fsp3) is 0.538. The van der Waals surface area contributed by atoms with Crippen LogP contribution in [0.1, 0.15) is 19.3 Å². The normalized spacial score (nSPS) is 29.6. The lowest BCUT2D eigenvalue weighted by Crippen LogP contribution is -2.28. The van der Waals surface area contributed by atoms with E-state index in [1.54, 1.807) is 0 Å². The quantitative estimate of drug-likeness (QED) is 0.779. The van der Waals surface area contributed by atoms with Gasteiger partial charge < -0.3 is 14.2 Å². The zero-order valence-electron chi connectivity index (χ0n) is 9.99. The molecule has 1 aromatic rings. The summed E-state index contributed by atoms with van der Waals surface area (Å²) in [6.07, 6.45) is 3.22. The summed E-state index contributed by atoms with van der Waals surface area (Å²) in [5.74, 6) is -1.44. The topological polar surface area (TPSA) is 31.0 Å². The van der Waals surface area contributed by atoms with Crippen LogP contribution >= 0.6 is 0 Å². The lowest BCUT2D eigenvalue weighted by molar-refractivity contribution is 0.142. The predicted molar refractivity (Wildman–Crippen MR) is 59.8 cm³/mol. The smallest absolute Gasteiger partial charge is 0.164 e. The van der Waals surface area contributed by atoms with Crippen molar-refractivity contribution in [3.63, 3.8) is 0 Å². The lowest BCUT2D eigenvalue weighted by atomic mass is 9.98. The molecule has 0 amide bonds. The molecular weight excluding hydrogens is 242 g/mol. The molecule has 18 heavy (non-hydrogen) atoms. The Morgan fingerprint density at radius 1 is 1.17 bits per heavy atom. The van der Waals surface area contributed by atoms with Gasteiger partial charge in [-0.3, -0.25) is 0 Å². The molecule has 1 aliphatic heterocycles. The molecule has 3 atom stereocenters. The highest BCUT2D eigenvalue weighted by Gasteiger charge is 2.48. The number of rotatable bonds is 3. The second kappa shape index (κ2) is 4.39. The maximum atomic E-state index is 13.2. The van der Waals surface area contributed by atoms with Crippen LogP contribution in [0.4, 0.5) is 8.78 Å². The summed E-state index contributed by atoms with van der Waals surface area (Å²) in [6.45, 7) is 0. The molecule has 2 fully saturated rings. The van der Waals surface area contributed by atoms with Crippen LogP contribution in [0, 0.1) is 11.6 Å². The van der Waals surface area contributed by atoms with E-state index < -0.39 is 11.6 Å². The first-order chi connectivity index (χ1) is 8.69. The third-order valence-electron chi connectivity index (χ3n) is 3.45. The highest BCUT2D eigenvalue weighted by Crippen LogP contribution is 2.40. The molecule has 5 heteroatoms. The van der Waals surface area contributed by atoms with Crippen molar-refractivity contribution < 1.29 is 23.0 Å². The first-order valence-corrected chi connectivity index (χ1v) is 6.04. The molecule has 0 aromatic heterocycles. The lowest BCUT2D eigenvalue weighted by Gasteiger charge is -2.21. The molecule has 1 aromatic carbocycles. The standard InChI is InChI=1S/C13H14F2O3/c1-16-11-5-7(14)8(15)6-12(11)17-9-3-2-4-10-13(9)18-10/h5-6,9-10,13H,2-4H2,1H3/t9?,10-,13+/m1/s1. The maximum Gasteiger partial charge on any atom is 0.164 e. The van der Waals surface area contributed by atoms with Gasteiger partial charge in [-0.25, -0.2) is 8.78 Å². The Labute approximate surface area is 104 Å². The van der Waals surface area contributed by atoms with E-state index >= 15 is 0 Å². The molecule has 0 N–H and O–H groups in total. The molecule has 0 spiro atoms. The van der Waals surface area contributed by atoms with E-state index in [0.29, 0.717) is 0 Å². The van der Waals surface area contributed by atoms with Gasteiger partial charge in [-0.15, -0.1) is 0 Å². The van der Waals surface area contributed by atoms with Crippen molar-refractivity contribution in [3.05, 3.63) is 23.8 Å². The molecular formula is C13H14F2O3. The maximum absolute atomic E-state index is 13.2. The van der Waals surface area contributed by atoms with Crippen LogP contribution in [0.5, 0.6) is 11.5 Å². The molecule has 1 aliphatic carbocycles. The van der Waals surface area contributed by atoms with Crippen molar-refractivity contribution in [2.24, 2.45) is 0 Å². The van der Waals surface area contributed by atoms with E-state index in [0.717, 1.165) is 31.4 Å². The van der Waals surface area contributed by atoms with Gasteiger partial charge in [0.25, 0.3) is 0 Å². The average molecular weight is 256 g/mol. The number of methoxy groups -OCH3 is 1. The third-order valence-corrected chi connectivity index (χ3v) is 3.45. The van der Waals surface area contributed by atoms with Crippen LogP contribution in [-0.2, 0) is 4.74 Å². The van der Waals surface area contributed by atoms with Gasteiger partial charge in [0, 0.05) is 12.1 Å². The molecule has 1 saturated heterocycles. The molecule has 1 heterocycles. The van der Waals surface area contributed by atoms with E-state index in [-0.39, 0.29) is 29.8 Å². The number of halogens is 2. The fourth-order valence-electron chi connectivity index (χ4n) is 2.45. The molecule has 3 nitrogen and oxygen atoms in total. The summed E-state index contributed by atoms with van der Waals surface area (Å²) in [6, 6.07) is 2.03. The fourth-order valence-corrected chi connectivity index (χ4v) is 2.45. The van der Waals surface area contributed by atoms with Crippen LogP contribution in [0.15, 0.2) is 12.1 Å². The largest absolute Gasteiger partial charge is 0.493 e. The summed E-state index contributed by atoms with van der Waals surface area (Å²) in [5, 5.41) is 0. The monoisotopic (exact) mass is 256 g/mol. The van der Waals surface area contributed by atoms with Gasteiger partial charge >= 0.3 is 0 Å². The van der Waals surface area contributed by atoms with Crippen molar-refractivity contribution in [3.8, 4) is 11.5 Å². The van der Waals surface area contributed by atoms with Crippen molar-refractivity contribution in [2.45, 2.75) is 37.6 Å². The Morgan fingerprint density at radius 3 is 2.61 bits per heavy atom. The van der Waals surface area contributed by atoms with Crippen LogP contribution in [0.3, 0.4) is 0 Å². The SMILES string of the molecule is COc1cc(F)c(F)cc1OC1CCC[C@H]2O[C@@H]12. The van der Waals surface area contributed by atoms with Crippen molar-refractivity contribution in [1.82, 2.24) is 0 Å². The Hall–Kier alpha value is -1.36. The van der Waals surface area contributed by atoms with Gasteiger partial charge in [0.2, 0.25) is 0 Å². The number of hydrogen-bond acceptors (Lipinski definition) is 3. The molecule has 2 aliphatic rings. The van der Waals surface area contributed by atoms with Crippen molar-refractivity contribution >= 4 is 0 Å². The van der Waals surface area contributed by atoms with Crippen LogP contribution < -0.4 is 9.47 Å². The van der Waals surface area contributed by atoms with Gasteiger partial charge in [0.15, 0.2) is 23.1 Å². The number of fused-ring (bicyclic) bond motifs is 1. The van der Waals surface area contributed by atoms with Gasteiger partial charge in [-0.05, 0) is 19.3 Å². The Bertz CT molecular complexity index is 464. The summed E-state index contributed by atoms with van der Waals surface area (Å²) in [7, 11) is 1.40. The highest BCUT2D eigenvalue weighted by molar-refractivity contribution is 5.41. The first kappa shape index (κ1) is 11.7. The van der Waals surface area contributed by atoms with E-state index in [1.165, 1.54) is 7.11 Å². The van der Waals surface area contributed by atoms with Gasteiger partial charge in [-0.1, -0.05) is 0 Å². The molecule has 0 radical (unpaired) electrons. The van der Waals surface area contributed by atoms with E-state index in [9.17, 15) is 8.78 Å². The Morgan fingerprint density at radius 2 is 1.89 bits per heavy atom. The van der Waals surface area contributed by atoms with E-state index in [4.69, 9.17) is 14.2 Å². The van der Waals surface area contributed by atoms with E-state index in [1.807, 2.05) is 0 Å². The summed E-state index contributed by atoms with van der Waals surface area (Å²) < 4.78 is 42.5. The third kappa shape index (κ3) is 2.03. The second-order valence-electron chi connectivity index (χ2n) is 4.64. The zero-order valence-corrected chi connectivity index (χ0v) is 9.99. The number of benzene rings is 1. The molecule has 3 rings (SSSR count). The van der Waals surface area contributed by atoms with Crippen LogP contribution in [0.25, 0.3) is 0 Å². The van der Waals surface area contributed by atoms with Crippen LogP contribution in [-0.4, -0.2) is 25.4 Å². The number of ether oxygens (including phenoxy) is 3. The van der Waals surface area contributed by atoms with E-state index in [2.05, 4.69) is 0 Å². The molecule has 1 saturated carbocycles. The van der Waals surface area contributed by atoms with Crippen LogP contribution in [0.2, 0.25) is 0 Å². The molecule has 1 unspecified atom stereocenters. The highest BCUT2D eigenvalue weighted by atomic mass is 19.2. The zero-order chi connectivity index (χ0) is 12.7. The summed E-state index contributed by atoms with van der Waals surface area (Å²) >= 11 is 0. The predicted octanol–water partition coefficient (Wildman–Crippen LogP) is 2.67.